The van der Waals surface area contributed by atoms with Gasteiger partial charge in [-0.15, -0.1) is 0 Å². The van der Waals surface area contributed by atoms with Gasteiger partial charge in [0.1, 0.15) is 18.7 Å². The van der Waals surface area contributed by atoms with Crippen molar-refractivity contribution in [3.05, 3.63) is 150 Å². The summed E-state index contributed by atoms with van der Waals surface area (Å²) in [5, 5.41) is 7.86. The minimum atomic E-state index is 0.414. The van der Waals surface area contributed by atoms with E-state index in [0.29, 0.717) is 24.0 Å². The standard InChI is InChI=1S/C30H25ClN4O/c31-26-17-15-25(16-18-26)22-36-29-14-8-7-13-28(29)30(34-20-19-32-23-34)33-35(27-11-5-2-6-12-27)21-24-9-3-1-4-10-24/h1-20,23H,21-22H2. The highest BCUT2D eigenvalue weighted by molar-refractivity contribution is 6.30. The quantitative estimate of drug-likeness (QED) is 0.133. The smallest absolute Gasteiger partial charge is 0.169 e. The van der Waals surface area contributed by atoms with Crippen molar-refractivity contribution >= 4 is 23.1 Å². The van der Waals surface area contributed by atoms with Crippen molar-refractivity contribution < 1.29 is 4.74 Å². The van der Waals surface area contributed by atoms with Crippen LogP contribution in [0.25, 0.3) is 0 Å². The van der Waals surface area contributed by atoms with E-state index in [1.54, 1.807) is 12.5 Å². The first-order chi connectivity index (χ1) is 17.8. The lowest BCUT2D eigenvalue weighted by Crippen LogP contribution is -2.23. The molecular weight excluding hydrogens is 468 g/mol. The molecule has 4 aromatic carbocycles. The number of benzene rings is 4. The average Bonchev–Trinajstić information content (AvgIpc) is 3.47. The normalized spacial score (nSPS) is 11.3. The number of aromatic nitrogens is 2. The minimum absolute atomic E-state index is 0.414. The summed E-state index contributed by atoms with van der Waals surface area (Å²) in [5.41, 5.74) is 4.03. The number of halogens is 1. The number of rotatable bonds is 8. The van der Waals surface area contributed by atoms with Crippen LogP contribution >= 0.6 is 11.6 Å². The van der Waals surface area contributed by atoms with Crippen molar-refractivity contribution in [3.63, 3.8) is 0 Å². The van der Waals surface area contributed by atoms with Crippen LogP contribution in [0.5, 0.6) is 5.75 Å². The molecule has 178 valence electrons. The maximum Gasteiger partial charge on any atom is 0.169 e. The fraction of sp³-hybridized carbons (Fsp3) is 0.0667. The van der Waals surface area contributed by atoms with Gasteiger partial charge in [-0.1, -0.05) is 84.4 Å². The molecule has 0 unspecified atom stereocenters. The van der Waals surface area contributed by atoms with E-state index >= 15 is 0 Å². The SMILES string of the molecule is Clc1ccc(COc2ccccc2C(=NN(Cc2ccccc2)c2ccccc2)n2ccnc2)cc1. The zero-order valence-corrected chi connectivity index (χ0v) is 20.4. The van der Waals surface area contributed by atoms with Crippen LogP contribution in [0.4, 0.5) is 5.69 Å². The van der Waals surface area contributed by atoms with Crippen molar-refractivity contribution in [1.29, 1.82) is 0 Å². The summed E-state index contributed by atoms with van der Waals surface area (Å²) >= 11 is 6.04. The molecule has 1 heterocycles. The van der Waals surface area contributed by atoms with Crippen LogP contribution in [0.2, 0.25) is 5.02 Å². The highest BCUT2D eigenvalue weighted by atomic mass is 35.5. The predicted molar refractivity (Wildman–Crippen MR) is 145 cm³/mol. The molecule has 0 aliphatic heterocycles. The highest BCUT2D eigenvalue weighted by Crippen LogP contribution is 2.24. The highest BCUT2D eigenvalue weighted by Gasteiger charge is 2.16. The Kier molecular flexibility index (Phi) is 7.40. The third-order valence-corrected chi connectivity index (χ3v) is 5.88. The number of ether oxygens (including phenoxy) is 1. The number of hydrogen-bond acceptors (Lipinski definition) is 4. The zero-order valence-electron chi connectivity index (χ0n) is 19.6. The van der Waals surface area contributed by atoms with Crippen LogP contribution in [0, 0.1) is 0 Å². The third kappa shape index (κ3) is 5.82. The number of nitrogens with zero attached hydrogens (tertiary/aromatic N) is 4. The molecule has 0 saturated heterocycles. The van der Waals surface area contributed by atoms with Crippen molar-refractivity contribution in [2.75, 3.05) is 5.01 Å². The van der Waals surface area contributed by atoms with Gasteiger partial charge in [0.05, 0.1) is 17.8 Å². The Labute approximate surface area is 215 Å². The summed E-state index contributed by atoms with van der Waals surface area (Å²) in [6.07, 6.45) is 5.39. The molecule has 6 heteroatoms. The maximum atomic E-state index is 6.27. The molecule has 5 rings (SSSR count). The van der Waals surface area contributed by atoms with E-state index < -0.39 is 0 Å². The topological polar surface area (TPSA) is 42.6 Å². The van der Waals surface area contributed by atoms with E-state index in [4.69, 9.17) is 21.4 Å². The molecule has 5 nitrogen and oxygen atoms in total. The van der Waals surface area contributed by atoms with E-state index in [1.165, 1.54) is 0 Å². The Hall–Kier alpha value is -4.35. The van der Waals surface area contributed by atoms with Gasteiger partial charge in [0.25, 0.3) is 0 Å². The van der Waals surface area contributed by atoms with Crippen molar-refractivity contribution in [2.24, 2.45) is 5.10 Å². The lowest BCUT2D eigenvalue weighted by atomic mass is 10.1. The Bertz CT molecular complexity index is 1400. The maximum absolute atomic E-state index is 6.27. The van der Waals surface area contributed by atoms with Crippen LogP contribution in [0.1, 0.15) is 16.7 Å². The van der Waals surface area contributed by atoms with E-state index in [9.17, 15) is 0 Å². The molecule has 0 aliphatic carbocycles. The average molecular weight is 493 g/mol. The van der Waals surface area contributed by atoms with E-state index in [2.05, 4.69) is 29.2 Å². The molecule has 0 amide bonds. The van der Waals surface area contributed by atoms with Gasteiger partial charge in [-0.2, -0.15) is 5.10 Å². The molecular formula is C30H25ClN4O. The summed E-state index contributed by atoms with van der Waals surface area (Å²) in [7, 11) is 0. The monoisotopic (exact) mass is 492 g/mol. The van der Waals surface area contributed by atoms with Crippen LogP contribution in [-0.2, 0) is 13.2 Å². The molecule has 0 saturated carbocycles. The van der Waals surface area contributed by atoms with Crippen LogP contribution in [-0.4, -0.2) is 15.4 Å². The van der Waals surface area contributed by atoms with Gasteiger partial charge >= 0.3 is 0 Å². The molecule has 0 bridgehead atoms. The summed E-state index contributed by atoms with van der Waals surface area (Å²) in [6, 6.07) is 36.0. The van der Waals surface area contributed by atoms with E-state index in [1.807, 2.05) is 101 Å². The number of hydrogen-bond donors (Lipinski definition) is 0. The molecule has 0 atom stereocenters. The molecule has 36 heavy (non-hydrogen) atoms. The van der Waals surface area contributed by atoms with Gasteiger partial charge in [0.2, 0.25) is 0 Å². The first-order valence-corrected chi connectivity index (χ1v) is 12.0. The second-order valence-electron chi connectivity index (χ2n) is 8.18. The Morgan fingerprint density at radius 1 is 0.806 bits per heavy atom. The summed E-state index contributed by atoms with van der Waals surface area (Å²) in [6.45, 7) is 1.02. The predicted octanol–water partition coefficient (Wildman–Crippen LogP) is 7.03. The van der Waals surface area contributed by atoms with Gasteiger partial charge in [-0.05, 0) is 47.5 Å². The van der Waals surface area contributed by atoms with Crippen molar-refractivity contribution in [3.8, 4) is 5.75 Å². The Morgan fingerprint density at radius 2 is 1.50 bits per heavy atom. The molecule has 0 radical (unpaired) electrons. The Balaban J connectivity index is 1.54. The number of imidazole rings is 1. The molecule has 0 spiro atoms. The van der Waals surface area contributed by atoms with Crippen LogP contribution in [0.3, 0.4) is 0 Å². The van der Waals surface area contributed by atoms with Gasteiger partial charge in [0.15, 0.2) is 5.84 Å². The first-order valence-electron chi connectivity index (χ1n) is 11.7. The lowest BCUT2D eigenvalue weighted by molar-refractivity contribution is 0.305. The zero-order chi connectivity index (χ0) is 24.6. The van der Waals surface area contributed by atoms with Crippen molar-refractivity contribution in [1.82, 2.24) is 9.55 Å². The fourth-order valence-corrected chi connectivity index (χ4v) is 3.93. The number of para-hydroxylation sites is 2. The van der Waals surface area contributed by atoms with E-state index in [-0.39, 0.29) is 0 Å². The Morgan fingerprint density at radius 3 is 2.22 bits per heavy atom. The molecule has 0 fully saturated rings. The summed E-state index contributed by atoms with van der Waals surface area (Å²) in [5.74, 6) is 1.44. The number of hydrazone groups is 1. The third-order valence-electron chi connectivity index (χ3n) is 5.63. The van der Waals surface area contributed by atoms with E-state index in [0.717, 1.165) is 28.1 Å². The molecule has 1 aromatic heterocycles. The first kappa shape index (κ1) is 23.4. The van der Waals surface area contributed by atoms with Gasteiger partial charge in [-0.25, -0.2) is 4.98 Å². The van der Waals surface area contributed by atoms with Gasteiger partial charge in [0, 0.05) is 17.4 Å². The largest absolute Gasteiger partial charge is 0.488 e. The molecule has 0 aliphatic rings. The van der Waals surface area contributed by atoms with Crippen LogP contribution < -0.4 is 9.75 Å². The fourth-order valence-electron chi connectivity index (χ4n) is 3.80. The lowest BCUT2D eigenvalue weighted by Gasteiger charge is -2.22. The second kappa shape index (κ2) is 11.4. The van der Waals surface area contributed by atoms with Gasteiger partial charge in [-0.3, -0.25) is 9.58 Å². The second-order valence-corrected chi connectivity index (χ2v) is 8.62. The summed E-state index contributed by atoms with van der Waals surface area (Å²) in [4.78, 5) is 4.27. The number of anilines is 1. The van der Waals surface area contributed by atoms with Crippen molar-refractivity contribution in [2.45, 2.75) is 13.2 Å². The molecule has 0 N–H and O–H groups in total. The van der Waals surface area contributed by atoms with Gasteiger partial charge < -0.3 is 4.74 Å². The minimum Gasteiger partial charge on any atom is -0.488 e. The van der Waals surface area contributed by atoms with Crippen LogP contribution in [0.15, 0.2) is 133 Å². The molecule has 5 aromatic rings. The summed E-state index contributed by atoms with van der Waals surface area (Å²) < 4.78 is 8.18.